The summed E-state index contributed by atoms with van der Waals surface area (Å²) in [6.07, 6.45) is 1.26. The largest absolute Gasteiger partial charge is 0.354 e. The molecule has 160 valence electrons. The molecule has 0 spiro atoms. The summed E-state index contributed by atoms with van der Waals surface area (Å²) in [5.74, 6) is -0.135. The number of carbonyl (C=O) groups excluding carboxylic acids is 2. The molecule has 2 aromatic heterocycles. The van der Waals surface area contributed by atoms with E-state index in [9.17, 15) is 9.59 Å². The summed E-state index contributed by atoms with van der Waals surface area (Å²) in [6, 6.07) is 9.52. The van der Waals surface area contributed by atoms with Crippen molar-refractivity contribution in [2.75, 3.05) is 5.32 Å². The number of nitrogens with one attached hydrogen (secondary N) is 2. The zero-order chi connectivity index (χ0) is 22.3. The Morgan fingerprint density at radius 1 is 1.06 bits per heavy atom. The quantitative estimate of drug-likeness (QED) is 0.545. The molecule has 31 heavy (non-hydrogen) atoms. The number of aromatic amines is 1. The number of nitrogens with zero attached hydrogens (tertiary/aromatic N) is 2. The van der Waals surface area contributed by atoms with Gasteiger partial charge in [0.05, 0.1) is 0 Å². The first-order valence-electron chi connectivity index (χ1n) is 10.3. The summed E-state index contributed by atoms with van der Waals surface area (Å²) < 4.78 is 0. The molecule has 0 bridgehead atoms. The molecule has 6 nitrogen and oxygen atoms in total. The van der Waals surface area contributed by atoms with Gasteiger partial charge in [0.25, 0.3) is 5.91 Å². The van der Waals surface area contributed by atoms with Gasteiger partial charge >= 0.3 is 0 Å². The topological polar surface area (TPSA) is 87.7 Å². The number of anilines is 1. The van der Waals surface area contributed by atoms with Gasteiger partial charge in [0.15, 0.2) is 10.9 Å². The molecule has 0 atom stereocenters. The second-order valence-corrected chi connectivity index (χ2v) is 9.97. The Labute approximate surface area is 186 Å². The molecular weight excluding hydrogens is 408 g/mol. The maximum absolute atomic E-state index is 12.9. The molecule has 2 heterocycles. The van der Waals surface area contributed by atoms with Crippen molar-refractivity contribution < 1.29 is 9.59 Å². The zero-order valence-corrected chi connectivity index (χ0v) is 19.2. The lowest BCUT2D eigenvalue weighted by molar-refractivity contribution is 0.0910. The molecule has 2 N–H and O–H groups in total. The number of fused-ring (bicyclic) bond motifs is 1. The predicted molar refractivity (Wildman–Crippen MR) is 122 cm³/mol. The highest BCUT2D eigenvalue weighted by atomic mass is 32.2. The third-order valence-electron chi connectivity index (χ3n) is 5.41. The van der Waals surface area contributed by atoms with Crippen LogP contribution in [0.5, 0.6) is 0 Å². The van der Waals surface area contributed by atoms with Crippen molar-refractivity contribution >= 4 is 29.1 Å². The van der Waals surface area contributed by atoms with Gasteiger partial charge in [-0.25, -0.2) is 9.97 Å². The SMILES string of the molecule is Cc1cc(C)nc(Sc2ccc(NC(=O)c3[nH]c4c(c3C)C(=O)CC(C)(C)C4)cc2)n1. The Kier molecular flexibility index (Phi) is 5.47. The van der Waals surface area contributed by atoms with E-state index in [0.29, 0.717) is 28.5 Å². The molecule has 0 unspecified atom stereocenters. The average Bonchev–Trinajstić information content (AvgIpc) is 2.98. The van der Waals surface area contributed by atoms with Crippen LogP contribution in [0.3, 0.4) is 0 Å². The second kappa shape index (κ2) is 7.96. The Balaban J connectivity index is 1.49. The van der Waals surface area contributed by atoms with Crippen LogP contribution in [-0.2, 0) is 6.42 Å². The van der Waals surface area contributed by atoms with E-state index < -0.39 is 0 Å². The van der Waals surface area contributed by atoms with Gasteiger partial charge in [-0.1, -0.05) is 13.8 Å². The maximum atomic E-state index is 12.9. The van der Waals surface area contributed by atoms with Crippen LogP contribution in [-0.4, -0.2) is 26.6 Å². The monoisotopic (exact) mass is 434 g/mol. The average molecular weight is 435 g/mol. The molecule has 0 radical (unpaired) electrons. The van der Waals surface area contributed by atoms with Gasteiger partial charge in [-0.2, -0.15) is 0 Å². The fourth-order valence-electron chi connectivity index (χ4n) is 4.10. The minimum absolute atomic E-state index is 0.0951. The molecule has 1 aliphatic carbocycles. The molecule has 4 rings (SSSR count). The van der Waals surface area contributed by atoms with E-state index in [1.54, 1.807) is 0 Å². The fourth-order valence-corrected chi connectivity index (χ4v) is 4.97. The van der Waals surface area contributed by atoms with E-state index in [4.69, 9.17) is 0 Å². The van der Waals surface area contributed by atoms with E-state index in [1.165, 1.54) is 11.8 Å². The van der Waals surface area contributed by atoms with Gasteiger partial charge in [-0.3, -0.25) is 9.59 Å². The van der Waals surface area contributed by atoms with Gasteiger partial charge in [0.2, 0.25) is 0 Å². The first kappa shape index (κ1) is 21.3. The number of ketones is 1. The van der Waals surface area contributed by atoms with Crippen LogP contribution in [0.4, 0.5) is 5.69 Å². The van der Waals surface area contributed by atoms with Crippen LogP contribution in [0.25, 0.3) is 0 Å². The summed E-state index contributed by atoms with van der Waals surface area (Å²) in [4.78, 5) is 38.6. The van der Waals surface area contributed by atoms with E-state index in [2.05, 4.69) is 34.1 Å². The number of hydrogen-bond acceptors (Lipinski definition) is 5. The Hall–Kier alpha value is -2.93. The number of amides is 1. The maximum Gasteiger partial charge on any atom is 0.272 e. The lowest BCUT2D eigenvalue weighted by Gasteiger charge is -2.28. The van der Waals surface area contributed by atoms with Crippen molar-refractivity contribution in [3.8, 4) is 0 Å². The van der Waals surface area contributed by atoms with Crippen molar-refractivity contribution in [1.82, 2.24) is 15.0 Å². The summed E-state index contributed by atoms with van der Waals surface area (Å²) in [6.45, 7) is 9.89. The van der Waals surface area contributed by atoms with E-state index in [-0.39, 0.29) is 17.1 Å². The minimum atomic E-state index is -0.240. The van der Waals surface area contributed by atoms with Crippen molar-refractivity contribution in [1.29, 1.82) is 0 Å². The molecular formula is C24H26N4O2S. The zero-order valence-electron chi connectivity index (χ0n) is 18.4. The number of H-pyrrole nitrogens is 1. The van der Waals surface area contributed by atoms with Gasteiger partial charge < -0.3 is 10.3 Å². The van der Waals surface area contributed by atoms with E-state index in [1.807, 2.05) is 51.1 Å². The second-order valence-electron chi connectivity index (χ2n) is 8.93. The normalized spacial score (nSPS) is 14.9. The van der Waals surface area contributed by atoms with Gasteiger partial charge in [-0.15, -0.1) is 0 Å². The molecule has 1 aliphatic rings. The van der Waals surface area contributed by atoms with E-state index >= 15 is 0 Å². The molecule has 7 heteroatoms. The van der Waals surface area contributed by atoms with Crippen LogP contribution in [0.15, 0.2) is 40.4 Å². The van der Waals surface area contributed by atoms with Crippen LogP contribution >= 0.6 is 11.8 Å². The van der Waals surface area contributed by atoms with Crippen LogP contribution in [0.2, 0.25) is 0 Å². The third kappa shape index (κ3) is 4.56. The Bertz CT molecular complexity index is 1160. The Morgan fingerprint density at radius 3 is 2.35 bits per heavy atom. The first-order chi connectivity index (χ1) is 14.6. The summed E-state index contributed by atoms with van der Waals surface area (Å²) in [7, 11) is 0. The Morgan fingerprint density at radius 2 is 1.71 bits per heavy atom. The van der Waals surface area contributed by atoms with Crippen LogP contribution in [0.1, 0.15) is 63.8 Å². The number of benzene rings is 1. The van der Waals surface area contributed by atoms with Crippen molar-refractivity contribution in [3.05, 3.63) is 64.2 Å². The van der Waals surface area contributed by atoms with Crippen LogP contribution in [0, 0.1) is 26.2 Å². The summed E-state index contributed by atoms with van der Waals surface area (Å²) in [5.41, 5.74) is 5.20. The lowest BCUT2D eigenvalue weighted by Crippen LogP contribution is -2.26. The minimum Gasteiger partial charge on any atom is -0.354 e. The fraction of sp³-hybridized carbons (Fsp3) is 0.333. The molecule has 1 aromatic carbocycles. The molecule has 0 saturated heterocycles. The number of hydrogen-bond donors (Lipinski definition) is 2. The lowest BCUT2D eigenvalue weighted by atomic mass is 9.75. The molecule has 0 fully saturated rings. The standard InChI is InChI=1S/C24H26N4O2S/c1-13-10-14(2)26-23(25-13)31-17-8-6-16(7-9-17)27-22(30)21-15(3)20-18(28-21)11-24(4,5)12-19(20)29/h6-10,28H,11-12H2,1-5H3,(H,27,30). The van der Waals surface area contributed by atoms with Crippen molar-refractivity contribution in [2.45, 2.75) is 57.5 Å². The predicted octanol–water partition coefficient (Wildman–Crippen LogP) is 5.29. The summed E-state index contributed by atoms with van der Waals surface area (Å²) in [5, 5.41) is 3.63. The number of Topliss-reactive ketones (excluding diaryl/α,β-unsaturated/α-hetero) is 1. The van der Waals surface area contributed by atoms with E-state index in [0.717, 1.165) is 34.0 Å². The number of carbonyl (C=O) groups is 2. The van der Waals surface area contributed by atoms with Gasteiger partial charge in [0, 0.05) is 39.6 Å². The molecule has 1 amide bonds. The van der Waals surface area contributed by atoms with Crippen molar-refractivity contribution in [2.24, 2.45) is 5.41 Å². The highest BCUT2D eigenvalue weighted by Crippen LogP contribution is 2.37. The van der Waals surface area contributed by atoms with Crippen LogP contribution < -0.4 is 5.32 Å². The summed E-state index contributed by atoms with van der Waals surface area (Å²) >= 11 is 1.48. The molecule has 0 aliphatic heterocycles. The number of rotatable bonds is 4. The highest BCUT2D eigenvalue weighted by molar-refractivity contribution is 7.99. The smallest absolute Gasteiger partial charge is 0.272 e. The van der Waals surface area contributed by atoms with Crippen molar-refractivity contribution in [3.63, 3.8) is 0 Å². The highest BCUT2D eigenvalue weighted by Gasteiger charge is 2.35. The number of aryl methyl sites for hydroxylation is 2. The third-order valence-corrected chi connectivity index (χ3v) is 6.28. The number of aromatic nitrogens is 3. The van der Waals surface area contributed by atoms with Gasteiger partial charge in [0.1, 0.15) is 5.69 Å². The molecule has 3 aromatic rings. The first-order valence-corrected chi connectivity index (χ1v) is 11.1. The van der Waals surface area contributed by atoms with Gasteiger partial charge in [-0.05, 0) is 80.3 Å². The molecule has 0 saturated carbocycles.